The second-order valence-electron chi connectivity index (χ2n) is 6.15. The lowest BCUT2D eigenvalue weighted by Gasteiger charge is -2.22. The Morgan fingerprint density at radius 2 is 2.36 bits per heavy atom. The van der Waals surface area contributed by atoms with E-state index in [0.717, 1.165) is 35.5 Å². The summed E-state index contributed by atoms with van der Waals surface area (Å²) in [5.41, 5.74) is 4.37. The normalized spacial score (nSPS) is 16.6. The number of nitro groups is 1. The van der Waals surface area contributed by atoms with Gasteiger partial charge in [-0.1, -0.05) is 12.1 Å². The van der Waals surface area contributed by atoms with Gasteiger partial charge < -0.3 is 5.32 Å². The highest BCUT2D eigenvalue weighted by Gasteiger charge is 2.20. The Bertz CT molecular complexity index is 904. The lowest BCUT2D eigenvalue weighted by molar-refractivity contribution is -0.384. The van der Waals surface area contributed by atoms with Gasteiger partial charge in [0.05, 0.1) is 16.8 Å². The van der Waals surface area contributed by atoms with Gasteiger partial charge in [0.15, 0.2) is 0 Å². The van der Waals surface area contributed by atoms with Crippen LogP contribution in [0, 0.1) is 10.1 Å². The number of thiazole rings is 1. The molecule has 1 unspecified atom stereocenters. The number of fused-ring (bicyclic) bond motifs is 1. The van der Waals surface area contributed by atoms with Gasteiger partial charge in [-0.05, 0) is 18.4 Å². The first-order valence-corrected chi connectivity index (χ1v) is 9.01. The number of nitrogens with one attached hydrogen (secondary N) is 2. The summed E-state index contributed by atoms with van der Waals surface area (Å²) in [5, 5.41) is 24.4. The van der Waals surface area contributed by atoms with E-state index in [1.54, 1.807) is 12.1 Å². The Labute approximate surface area is 148 Å². The van der Waals surface area contributed by atoms with Gasteiger partial charge in [-0.3, -0.25) is 15.2 Å². The fourth-order valence-electron chi connectivity index (χ4n) is 3.10. The van der Waals surface area contributed by atoms with Crippen molar-refractivity contribution in [3.63, 3.8) is 0 Å². The van der Waals surface area contributed by atoms with Gasteiger partial charge in [0, 0.05) is 47.8 Å². The number of aromatic amines is 1. The van der Waals surface area contributed by atoms with Crippen molar-refractivity contribution in [2.45, 2.75) is 31.8 Å². The average molecular weight is 355 g/mol. The molecule has 3 aromatic rings. The Morgan fingerprint density at radius 1 is 1.44 bits per heavy atom. The van der Waals surface area contributed by atoms with E-state index in [1.165, 1.54) is 28.7 Å². The first-order chi connectivity index (χ1) is 12.2. The molecule has 0 aliphatic heterocycles. The van der Waals surface area contributed by atoms with Gasteiger partial charge in [0.1, 0.15) is 5.01 Å². The minimum atomic E-state index is -0.383. The molecule has 7 nitrogen and oxygen atoms in total. The molecule has 2 heterocycles. The zero-order valence-electron chi connectivity index (χ0n) is 13.4. The number of nitrogens with zero attached hydrogens (tertiary/aromatic N) is 3. The topological polar surface area (TPSA) is 96.7 Å². The molecule has 128 valence electrons. The molecule has 1 atom stereocenters. The van der Waals surface area contributed by atoms with E-state index < -0.39 is 0 Å². The molecule has 4 rings (SSSR count). The van der Waals surface area contributed by atoms with Crippen molar-refractivity contribution >= 4 is 17.0 Å². The third kappa shape index (κ3) is 3.45. The molecule has 2 N–H and O–H groups in total. The van der Waals surface area contributed by atoms with Crippen LogP contribution in [0.3, 0.4) is 0 Å². The van der Waals surface area contributed by atoms with Crippen LogP contribution in [0.5, 0.6) is 0 Å². The molecule has 25 heavy (non-hydrogen) atoms. The van der Waals surface area contributed by atoms with Gasteiger partial charge in [0.2, 0.25) is 0 Å². The number of benzene rings is 1. The van der Waals surface area contributed by atoms with Crippen LogP contribution in [0.25, 0.3) is 10.6 Å². The summed E-state index contributed by atoms with van der Waals surface area (Å²) in [4.78, 5) is 15.1. The number of aryl methyl sites for hydroxylation is 1. The van der Waals surface area contributed by atoms with E-state index in [4.69, 9.17) is 0 Å². The van der Waals surface area contributed by atoms with Crippen LogP contribution < -0.4 is 5.32 Å². The highest BCUT2D eigenvalue weighted by atomic mass is 32.1. The molecule has 1 aliphatic rings. The summed E-state index contributed by atoms with van der Waals surface area (Å²) >= 11 is 1.51. The first-order valence-electron chi connectivity index (χ1n) is 8.13. The fraction of sp³-hybridized carbons (Fsp3) is 0.294. The SMILES string of the molecule is O=[N+]([O-])c1cccc(-c2nc(CNC3CCc4cn[nH]c4C3)cs2)c1. The van der Waals surface area contributed by atoms with Crippen molar-refractivity contribution in [2.24, 2.45) is 0 Å². The summed E-state index contributed by atoms with van der Waals surface area (Å²) in [7, 11) is 0. The van der Waals surface area contributed by atoms with Crippen molar-refractivity contribution < 1.29 is 4.92 Å². The second kappa shape index (κ2) is 6.73. The van der Waals surface area contributed by atoms with Crippen molar-refractivity contribution in [1.29, 1.82) is 0 Å². The molecule has 0 saturated carbocycles. The van der Waals surface area contributed by atoms with Crippen LogP contribution in [0.1, 0.15) is 23.4 Å². The summed E-state index contributed by atoms with van der Waals surface area (Å²) in [6, 6.07) is 7.01. The summed E-state index contributed by atoms with van der Waals surface area (Å²) < 4.78 is 0. The number of aromatic nitrogens is 3. The molecule has 0 saturated heterocycles. The molecule has 8 heteroatoms. The van der Waals surface area contributed by atoms with E-state index >= 15 is 0 Å². The minimum Gasteiger partial charge on any atom is -0.308 e. The Hall–Kier alpha value is -2.58. The number of H-pyrrole nitrogens is 1. The van der Waals surface area contributed by atoms with Crippen LogP contribution >= 0.6 is 11.3 Å². The number of nitro benzene ring substituents is 1. The standard InChI is InChI=1S/C17H17N5O2S/c23-22(24)15-3-1-2-11(6-15)17-20-14(10-25-17)9-18-13-5-4-12-8-19-21-16(12)7-13/h1-3,6,8,10,13,18H,4-5,7,9H2,(H,19,21). The molecular weight excluding hydrogens is 338 g/mol. The molecule has 0 fully saturated rings. The summed E-state index contributed by atoms with van der Waals surface area (Å²) in [6.07, 6.45) is 5.00. The van der Waals surface area contributed by atoms with Crippen LogP contribution in [0.15, 0.2) is 35.8 Å². The lowest BCUT2D eigenvalue weighted by Crippen LogP contribution is -2.34. The molecule has 2 aromatic heterocycles. The van der Waals surface area contributed by atoms with Crippen molar-refractivity contribution in [3.05, 3.63) is 62.9 Å². The van der Waals surface area contributed by atoms with Gasteiger partial charge in [0.25, 0.3) is 5.69 Å². The molecule has 0 radical (unpaired) electrons. The van der Waals surface area contributed by atoms with Crippen LogP contribution in [0.2, 0.25) is 0 Å². The molecule has 1 aliphatic carbocycles. The van der Waals surface area contributed by atoms with Gasteiger partial charge in [-0.25, -0.2) is 4.98 Å². The summed E-state index contributed by atoms with van der Waals surface area (Å²) in [5.74, 6) is 0. The smallest absolute Gasteiger partial charge is 0.270 e. The maximum atomic E-state index is 10.9. The Balaban J connectivity index is 1.40. The van der Waals surface area contributed by atoms with Crippen molar-refractivity contribution in [3.8, 4) is 10.6 Å². The number of hydrogen-bond donors (Lipinski definition) is 2. The Kier molecular flexibility index (Phi) is 4.29. The predicted octanol–water partition coefficient (Wildman–Crippen LogP) is 3.09. The molecule has 0 amide bonds. The monoisotopic (exact) mass is 355 g/mol. The van der Waals surface area contributed by atoms with E-state index in [1.807, 2.05) is 17.6 Å². The van der Waals surface area contributed by atoms with Crippen LogP contribution in [-0.4, -0.2) is 26.1 Å². The number of hydrogen-bond acceptors (Lipinski definition) is 6. The third-order valence-corrected chi connectivity index (χ3v) is 5.39. The average Bonchev–Trinajstić information content (AvgIpc) is 3.29. The first kappa shape index (κ1) is 15.9. The lowest BCUT2D eigenvalue weighted by atomic mass is 9.94. The largest absolute Gasteiger partial charge is 0.308 e. The van der Waals surface area contributed by atoms with Gasteiger partial charge in [-0.2, -0.15) is 5.10 Å². The fourth-order valence-corrected chi connectivity index (χ4v) is 3.92. The van der Waals surface area contributed by atoms with Gasteiger partial charge >= 0.3 is 0 Å². The van der Waals surface area contributed by atoms with Crippen LogP contribution in [0.4, 0.5) is 5.69 Å². The maximum absolute atomic E-state index is 10.9. The van der Waals surface area contributed by atoms with E-state index in [-0.39, 0.29) is 10.6 Å². The summed E-state index contributed by atoms with van der Waals surface area (Å²) in [6.45, 7) is 0.694. The van der Waals surface area contributed by atoms with Crippen molar-refractivity contribution in [1.82, 2.24) is 20.5 Å². The second-order valence-corrected chi connectivity index (χ2v) is 7.00. The minimum absolute atomic E-state index is 0.0879. The maximum Gasteiger partial charge on any atom is 0.270 e. The highest BCUT2D eigenvalue weighted by molar-refractivity contribution is 7.13. The van der Waals surface area contributed by atoms with E-state index in [0.29, 0.717) is 12.6 Å². The van der Waals surface area contributed by atoms with Crippen molar-refractivity contribution in [2.75, 3.05) is 0 Å². The number of rotatable bonds is 5. The number of non-ortho nitro benzene ring substituents is 1. The molecule has 0 spiro atoms. The van der Waals surface area contributed by atoms with Gasteiger partial charge in [-0.15, -0.1) is 11.3 Å². The third-order valence-electron chi connectivity index (χ3n) is 4.45. The molecule has 0 bridgehead atoms. The predicted molar refractivity (Wildman–Crippen MR) is 95.4 cm³/mol. The van der Waals surface area contributed by atoms with E-state index in [2.05, 4.69) is 20.5 Å². The Morgan fingerprint density at radius 3 is 3.24 bits per heavy atom. The van der Waals surface area contributed by atoms with E-state index in [9.17, 15) is 10.1 Å². The molecular formula is C17H17N5O2S. The zero-order valence-corrected chi connectivity index (χ0v) is 14.3. The zero-order chi connectivity index (χ0) is 17.2. The van der Waals surface area contributed by atoms with Crippen LogP contribution in [-0.2, 0) is 19.4 Å². The quantitative estimate of drug-likeness (QED) is 0.541. The molecule has 1 aromatic carbocycles. The highest BCUT2D eigenvalue weighted by Crippen LogP contribution is 2.27.